The Bertz CT molecular complexity index is 2960. The molecule has 4 saturated carbocycles. The SMILES string of the molecule is CNCCCC(=O)C1CC(NC(C)=O)[C@@H](O[C@@H]2OC(C)[C@@H](O)[C@H](O)C2O)[C@H](O[C@@H]2O[C@@H](CO)[C@H](O)C(O[C@@H](CC3CCCCC3)C(=O)N3CCC3)C2NC(C)=O)C1.CNCCCC(=O)C1CC(NC(C)=O)[C@@H](O[C@@H]2OC(C)[C@@H](O)[C@H](O)C2O)[C@H](O[C@@H]2O[C@@H](CO)[C@H](O)C(O[C@@H](CC3CCCCC3)C(=O)O)C2NC(C)=O)C1. The summed E-state index contributed by atoms with van der Waals surface area (Å²) >= 11 is 0. The summed E-state index contributed by atoms with van der Waals surface area (Å²) in [5.74, 6) is -4.72. The number of nitrogens with zero attached hydrogens (tertiary/aromatic N) is 1. The third-order valence-corrected chi connectivity index (χ3v) is 23.2. The molecule has 12 unspecified atom stereocenters. The summed E-state index contributed by atoms with van der Waals surface area (Å²) in [5, 5.41) is 135. The summed E-state index contributed by atoms with van der Waals surface area (Å²) < 4.78 is 62.3. The number of ketones is 2. The van der Waals surface area contributed by atoms with Crippen LogP contribution in [-0.2, 0) is 85.7 Å². The van der Waals surface area contributed by atoms with Gasteiger partial charge in [0.05, 0.1) is 49.7 Å². The Morgan fingerprint density at radius 1 is 0.441 bits per heavy atom. The lowest BCUT2D eigenvalue weighted by Crippen LogP contribution is -2.68. The Hall–Kier alpha value is -4.72. The van der Waals surface area contributed by atoms with Gasteiger partial charge in [0.1, 0.15) is 115 Å². The Labute approximate surface area is 648 Å². The largest absolute Gasteiger partial charge is 0.479 e. The monoisotopic (exact) mass is 1590 g/mol. The van der Waals surface area contributed by atoms with E-state index in [1.165, 1.54) is 41.5 Å². The number of rotatable bonds is 34. The molecule has 4 aliphatic carbocycles. The minimum atomic E-state index is -1.72. The quantitative estimate of drug-likeness (QED) is 0.0287. The van der Waals surface area contributed by atoms with Crippen LogP contribution in [0.25, 0.3) is 0 Å². The zero-order valence-corrected chi connectivity index (χ0v) is 65.3. The van der Waals surface area contributed by atoms with E-state index in [0.29, 0.717) is 45.4 Å². The average Bonchev–Trinajstić information content (AvgIpc) is 0.776. The van der Waals surface area contributed by atoms with Crippen molar-refractivity contribution in [1.29, 1.82) is 0 Å². The number of aliphatic hydroxyl groups is 10. The fraction of sp³-hybridized carbons (Fsp3) is 0.893. The maximum Gasteiger partial charge on any atom is 0.332 e. The first-order valence-corrected chi connectivity index (χ1v) is 40.0. The second-order valence-corrected chi connectivity index (χ2v) is 31.8. The molecule has 5 heterocycles. The van der Waals surface area contributed by atoms with E-state index in [1.807, 2.05) is 0 Å². The number of carboxylic acids is 1. The highest BCUT2D eigenvalue weighted by Gasteiger charge is 2.57. The maximum absolute atomic E-state index is 13.9. The number of aliphatic hydroxyl groups excluding tert-OH is 10. The van der Waals surface area contributed by atoms with E-state index in [0.717, 1.165) is 70.6 Å². The van der Waals surface area contributed by atoms with E-state index in [-0.39, 0.29) is 74.3 Å². The molecule has 5 amide bonds. The molecule has 17 N–H and O–H groups in total. The smallest absolute Gasteiger partial charge is 0.332 e. The molecule has 9 aliphatic rings. The highest BCUT2D eigenvalue weighted by Crippen LogP contribution is 2.41. The van der Waals surface area contributed by atoms with Crippen LogP contribution in [0.2, 0.25) is 0 Å². The van der Waals surface area contributed by atoms with E-state index in [4.69, 9.17) is 47.4 Å². The molecule has 0 aromatic heterocycles. The van der Waals surface area contributed by atoms with Crippen LogP contribution < -0.4 is 31.9 Å². The first kappa shape index (κ1) is 91.8. The number of amides is 5. The molecule has 30 atom stereocenters. The van der Waals surface area contributed by atoms with Crippen LogP contribution in [0.1, 0.15) is 176 Å². The fourth-order valence-corrected chi connectivity index (χ4v) is 17.0. The van der Waals surface area contributed by atoms with Gasteiger partial charge in [0.25, 0.3) is 5.91 Å². The lowest BCUT2D eigenvalue weighted by Gasteiger charge is -2.49. The molecule has 9 rings (SSSR count). The lowest BCUT2D eigenvalue weighted by atomic mass is 9.78. The Kier molecular flexibility index (Phi) is 36.4. The van der Waals surface area contributed by atoms with Crippen molar-refractivity contribution in [1.82, 2.24) is 36.8 Å². The van der Waals surface area contributed by atoms with Crippen LogP contribution >= 0.6 is 0 Å². The van der Waals surface area contributed by atoms with Gasteiger partial charge in [0.2, 0.25) is 23.6 Å². The van der Waals surface area contributed by atoms with E-state index in [9.17, 15) is 94.5 Å². The first-order chi connectivity index (χ1) is 52.9. The van der Waals surface area contributed by atoms with Crippen LogP contribution in [0.15, 0.2) is 0 Å². The molecule has 636 valence electrons. The molecule has 0 radical (unpaired) electrons. The molecule has 36 nitrogen and oxygen atoms in total. The van der Waals surface area contributed by atoms with E-state index in [1.54, 1.807) is 19.0 Å². The average molecular weight is 1590 g/mol. The number of Topliss-reactive ketones (excluding diaryl/α,β-unsaturated/α-hetero) is 2. The van der Waals surface area contributed by atoms with Gasteiger partial charge in [-0.05, 0) is 111 Å². The van der Waals surface area contributed by atoms with Crippen LogP contribution in [0.5, 0.6) is 0 Å². The summed E-state index contributed by atoms with van der Waals surface area (Å²) in [6.45, 7) is 8.97. The number of nitrogens with one attached hydrogen (secondary N) is 6. The predicted molar refractivity (Wildman–Crippen MR) is 388 cm³/mol. The van der Waals surface area contributed by atoms with Gasteiger partial charge in [0.15, 0.2) is 31.3 Å². The van der Waals surface area contributed by atoms with Crippen molar-refractivity contribution in [3.63, 3.8) is 0 Å². The molecular weight excluding hydrogens is 1460 g/mol. The van der Waals surface area contributed by atoms with E-state index >= 15 is 0 Å². The number of hydrogen-bond donors (Lipinski definition) is 17. The maximum atomic E-state index is 13.9. The zero-order chi connectivity index (χ0) is 81.1. The molecule has 0 spiro atoms. The van der Waals surface area contributed by atoms with Crippen molar-refractivity contribution in [3.05, 3.63) is 0 Å². The van der Waals surface area contributed by atoms with Gasteiger partial charge in [-0.1, -0.05) is 64.2 Å². The minimum Gasteiger partial charge on any atom is -0.479 e. The summed E-state index contributed by atoms with van der Waals surface area (Å²) in [6, 6.07) is -4.39. The number of aliphatic carboxylic acids is 1. The van der Waals surface area contributed by atoms with Crippen molar-refractivity contribution in [2.75, 3.05) is 53.5 Å². The number of ether oxygens (including phenoxy) is 10. The van der Waals surface area contributed by atoms with Gasteiger partial charge < -0.3 is 140 Å². The molecule has 0 aromatic rings. The summed E-state index contributed by atoms with van der Waals surface area (Å²) in [6.07, 6.45) is -20.0. The van der Waals surface area contributed by atoms with Gasteiger partial charge in [0, 0.05) is 65.5 Å². The molecular formula is C75H127N7O29. The van der Waals surface area contributed by atoms with Crippen molar-refractivity contribution < 1.29 is 142 Å². The predicted octanol–water partition coefficient (Wildman–Crippen LogP) is -2.93. The van der Waals surface area contributed by atoms with Gasteiger partial charge in [-0.2, -0.15) is 0 Å². The first-order valence-electron chi connectivity index (χ1n) is 40.0. The second kappa shape index (κ2) is 44.0. The normalized spacial score (nSPS) is 38.2. The highest BCUT2D eigenvalue weighted by molar-refractivity contribution is 5.83. The molecule has 36 heteroatoms. The van der Waals surface area contributed by atoms with Crippen molar-refractivity contribution in [3.8, 4) is 0 Å². The van der Waals surface area contributed by atoms with Crippen LogP contribution in [0, 0.1) is 23.7 Å². The van der Waals surface area contributed by atoms with Gasteiger partial charge >= 0.3 is 5.97 Å². The third kappa shape index (κ3) is 25.2. The molecule has 5 saturated heterocycles. The fourth-order valence-electron chi connectivity index (χ4n) is 17.0. The Balaban J connectivity index is 0.000000279. The summed E-state index contributed by atoms with van der Waals surface area (Å²) in [4.78, 5) is 106. The lowest BCUT2D eigenvalue weighted by molar-refractivity contribution is -0.335. The minimum absolute atomic E-state index is 0.00730. The number of carbonyl (C=O) groups is 8. The second-order valence-electron chi connectivity index (χ2n) is 31.8. The topological polar surface area (TPSA) is 527 Å². The molecule has 111 heavy (non-hydrogen) atoms. The third-order valence-electron chi connectivity index (χ3n) is 23.2. The standard InChI is InChI=1S/C39H66N4O14.C36H61N3O15/c1-20-31(48)33(50)34(51)39(53-20)57-35-25(41-21(2)45)17-24(26(47)12-8-13-40-4)18-27(35)55-38-30(42-22(3)46)36(32(49)29(19-44)56-38)54-28(37(52)43-14-9-15-43)16-23-10-6-5-7-11-23;1-17-28(44)30(46)31(47)36(50-17)54-32-22(38-18(2)41)14-21(23(43)11-8-12-37-4)15-24(32)52-35-27(39-19(3)42)33(29(45)26(16-40)53-35)51-25(34(48)49)13-20-9-6-5-7-10-20/h20,23-25,27-36,38-40,44,48-51H,5-19H2,1-4H3,(H,41,45)(H,42,46);17,20-22,24-33,35-37,40,44-47H,5-16H2,1-4H3,(H,38,41)(H,39,42)(H,48,49)/t20?,24?,25?,27-,28+,29+,30?,31-,32+,33+,34?,35-,36?,38-,39+;17?,21?,22?,24-,25+,26+,27?,28-,29+,30+,31?,32-,33?,35-,36+/m11/s1. The Morgan fingerprint density at radius 3 is 1.16 bits per heavy atom. The highest BCUT2D eigenvalue weighted by atomic mass is 16.7. The van der Waals surface area contributed by atoms with Crippen molar-refractivity contribution in [2.45, 2.75) is 348 Å². The van der Waals surface area contributed by atoms with Crippen LogP contribution in [0.3, 0.4) is 0 Å². The van der Waals surface area contributed by atoms with E-state index in [2.05, 4.69) is 31.9 Å². The molecule has 9 fully saturated rings. The summed E-state index contributed by atoms with van der Waals surface area (Å²) in [7, 11) is 3.55. The number of hydrogen-bond acceptors (Lipinski definition) is 30. The Morgan fingerprint density at radius 2 is 0.820 bits per heavy atom. The van der Waals surface area contributed by atoms with Gasteiger partial charge in [-0.25, -0.2) is 4.79 Å². The van der Waals surface area contributed by atoms with Crippen molar-refractivity contribution >= 4 is 47.1 Å². The molecule has 0 bridgehead atoms. The number of likely N-dealkylation sites (tertiary alicyclic amines) is 1. The van der Waals surface area contributed by atoms with Gasteiger partial charge in [-0.15, -0.1) is 0 Å². The number of carbonyl (C=O) groups excluding carboxylic acids is 7. The summed E-state index contributed by atoms with van der Waals surface area (Å²) in [5.41, 5.74) is 0. The molecule has 5 aliphatic heterocycles. The van der Waals surface area contributed by atoms with E-state index < -0.39 is 226 Å². The van der Waals surface area contributed by atoms with Crippen LogP contribution in [-0.4, -0.2) is 333 Å². The zero-order valence-electron chi connectivity index (χ0n) is 65.3. The van der Waals surface area contributed by atoms with Gasteiger partial charge in [-0.3, -0.25) is 33.6 Å². The van der Waals surface area contributed by atoms with Crippen LogP contribution in [0.4, 0.5) is 0 Å². The molecule has 0 aromatic carbocycles. The number of carboxylic acid groups (broad SMARTS) is 1. The van der Waals surface area contributed by atoms with Crippen molar-refractivity contribution in [2.24, 2.45) is 23.7 Å².